The molecule has 2 heterocycles. The SMILES string of the molecule is CCC(Cc1nnc(-c2ccc(OC)cc2)o1)C1CCC(c2ccnc3ccc(F)cc23)CC1. The number of fused-ring (bicyclic) bond motifs is 1. The molecule has 1 saturated carbocycles. The zero-order chi connectivity index (χ0) is 23.5. The Morgan fingerprint density at radius 1 is 1.03 bits per heavy atom. The fourth-order valence-corrected chi connectivity index (χ4v) is 5.45. The van der Waals surface area contributed by atoms with Crippen molar-refractivity contribution in [2.45, 2.75) is 51.4 Å². The number of ether oxygens (including phenoxy) is 1. The second-order valence-electron chi connectivity index (χ2n) is 9.28. The van der Waals surface area contributed by atoms with Crippen molar-refractivity contribution in [1.29, 1.82) is 0 Å². The van der Waals surface area contributed by atoms with Gasteiger partial charge >= 0.3 is 0 Å². The van der Waals surface area contributed by atoms with Crippen LogP contribution in [0.3, 0.4) is 0 Å². The van der Waals surface area contributed by atoms with E-state index in [9.17, 15) is 4.39 Å². The average Bonchev–Trinajstić information content (AvgIpc) is 3.36. The lowest BCUT2D eigenvalue weighted by atomic mass is 9.72. The smallest absolute Gasteiger partial charge is 0.247 e. The lowest BCUT2D eigenvalue weighted by Gasteiger charge is -2.33. The summed E-state index contributed by atoms with van der Waals surface area (Å²) in [6.45, 7) is 2.25. The summed E-state index contributed by atoms with van der Waals surface area (Å²) in [5.74, 6) is 3.44. The Hall–Kier alpha value is -3.28. The lowest BCUT2D eigenvalue weighted by Crippen LogP contribution is -2.22. The van der Waals surface area contributed by atoms with E-state index in [0.29, 0.717) is 29.5 Å². The number of hydrogen-bond acceptors (Lipinski definition) is 5. The zero-order valence-electron chi connectivity index (χ0n) is 19.7. The predicted molar refractivity (Wildman–Crippen MR) is 130 cm³/mol. The van der Waals surface area contributed by atoms with Crippen molar-refractivity contribution < 1.29 is 13.5 Å². The van der Waals surface area contributed by atoms with Crippen molar-refractivity contribution in [3.63, 3.8) is 0 Å². The van der Waals surface area contributed by atoms with Crippen LogP contribution in [0.2, 0.25) is 0 Å². The zero-order valence-corrected chi connectivity index (χ0v) is 19.7. The summed E-state index contributed by atoms with van der Waals surface area (Å²) in [6, 6.07) is 14.6. The van der Waals surface area contributed by atoms with Crippen LogP contribution in [0.15, 0.2) is 59.1 Å². The van der Waals surface area contributed by atoms with Crippen LogP contribution >= 0.6 is 0 Å². The van der Waals surface area contributed by atoms with E-state index in [1.165, 1.54) is 11.6 Å². The Kier molecular flexibility index (Phi) is 6.57. The van der Waals surface area contributed by atoms with Gasteiger partial charge in [0.05, 0.1) is 12.6 Å². The average molecular weight is 460 g/mol. The largest absolute Gasteiger partial charge is 0.497 e. The lowest BCUT2D eigenvalue weighted by molar-refractivity contribution is 0.216. The summed E-state index contributed by atoms with van der Waals surface area (Å²) in [5, 5.41) is 9.55. The minimum absolute atomic E-state index is 0.199. The first-order chi connectivity index (χ1) is 16.6. The van der Waals surface area contributed by atoms with Gasteiger partial charge in [-0.25, -0.2) is 4.39 Å². The van der Waals surface area contributed by atoms with Gasteiger partial charge in [0.2, 0.25) is 11.8 Å². The molecule has 0 spiro atoms. The first kappa shape index (κ1) is 22.5. The van der Waals surface area contributed by atoms with Crippen LogP contribution in [0.5, 0.6) is 5.75 Å². The van der Waals surface area contributed by atoms with Crippen LogP contribution in [-0.4, -0.2) is 22.3 Å². The molecule has 2 aromatic carbocycles. The highest BCUT2D eigenvalue weighted by atomic mass is 19.1. The third-order valence-electron chi connectivity index (χ3n) is 7.38. The van der Waals surface area contributed by atoms with Gasteiger partial charge in [0.15, 0.2) is 0 Å². The number of benzene rings is 2. The van der Waals surface area contributed by atoms with Crippen molar-refractivity contribution in [2.24, 2.45) is 11.8 Å². The molecule has 0 N–H and O–H groups in total. The van der Waals surface area contributed by atoms with Gasteiger partial charge in [-0.1, -0.05) is 13.3 Å². The van der Waals surface area contributed by atoms with Gasteiger partial charge in [0.25, 0.3) is 0 Å². The van der Waals surface area contributed by atoms with Gasteiger partial charge in [-0.15, -0.1) is 10.2 Å². The Morgan fingerprint density at radius 2 is 1.82 bits per heavy atom. The van der Waals surface area contributed by atoms with Crippen molar-refractivity contribution in [3.8, 4) is 17.2 Å². The van der Waals surface area contributed by atoms with Crippen molar-refractivity contribution in [2.75, 3.05) is 7.11 Å². The van der Waals surface area contributed by atoms with Crippen LogP contribution in [0.25, 0.3) is 22.4 Å². The quantitative estimate of drug-likeness (QED) is 0.298. The maximum absolute atomic E-state index is 13.9. The van der Waals surface area contributed by atoms with E-state index in [2.05, 4.69) is 28.2 Å². The molecule has 1 aliphatic rings. The van der Waals surface area contributed by atoms with Gasteiger partial charge < -0.3 is 9.15 Å². The number of pyridine rings is 1. The van der Waals surface area contributed by atoms with E-state index < -0.39 is 0 Å². The Morgan fingerprint density at radius 3 is 2.56 bits per heavy atom. The molecule has 0 bridgehead atoms. The number of aromatic nitrogens is 3. The molecule has 0 amide bonds. The molecule has 2 aromatic heterocycles. The van der Waals surface area contributed by atoms with Crippen LogP contribution in [0, 0.1) is 17.7 Å². The van der Waals surface area contributed by atoms with Gasteiger partial charge in [-0.2, -0.15) is 0 Å². The molecule has 4 aromatic rings. The van der Waals surface area contributed by atoms with Gasteiger partial charge in [0.1, 0.15) is 11.6 Å². The van der Waals surface area contributed by atoms with Crippen molar-refractivity contribution in [3.05, 3.63) is 72.0 Å². The molecule has 0 saturated heterocycles. The summed E-state index contributed by atoms with van der Waals surface area (Å²) in [6.07, 6.45) is 8.27. The molecular weight excluding hydrogens is 429 g/mol. The molecule has 6 heteroatoms. The van der Waals surface area contributed by atoms with E-state index in [0.717, 1.165) is 60.7 Å². The molecule has 5 nitrogen and oxygen atoms in total. The molecule has 0 radical (unpaired) electrons. The number of halogens is 1. The fourth-order valence-electron chi connectivity index (χ4n) is 5.45. The minimum atomic E-state index is -0.199. The Bertz CT molecular complexity index is 1250. The molecule has 1 aliphatic carbocycles. The minimum Gasteiger partial charge on any atom is -0.497 e. The summed E-state index contributed by atoms with van der Waals surface area (Å²) >= 11 is 0. The maximum atomic E-state index is 13.9. The molecule has 0 aliphatic heterocycles. The van der Waals surface area contributed by atoms with Crippen LogP contribution in [-0.2, 0) is 6.42 Å². The topological polar surface area (TPSA) is 61.0 Å². The molecule has 1 fully saturated rings. The summed E-state index contributed by atoms with van der Waals surface area (Å²) in [5.41, 5.74) is 3.00. The van der Waals surface area contributed by atoms with E-state index in [-0.39, 0.29) is 5.82 Å². The fraction of sp³-hybridized carbons (Fsp3) is 0.393. The number of methoxy groups -OCH3 is 1. The normalized spacial score (nSPS) is 19.3. The first-order valence-corrected chi connectivity index (χ1v) is 12.2. The Labute approximate surface area is 199 Å². The summed E-state index contributed by atoms with van der Waals surface area (Å²) < 4.78 is 25.1. The summed E-state index contributed by atoms with van der Waals surface area (Å²) in [7, 11) is 1.65. The van der Waals surface area contributed by atoms with Crippen LogP contribution in [0.1, 0.15) is 56.4 Å². The highest BCUT2D eigenvalue weighted by Gasteiger charge is 2.29. The van der Waals surface area contributed by atoms with E-state index >= 15 is 0 Å². The standard InChI is InChI=1S/C28H30FN3O2/c1-3-18(16-27-31-32-28(34-27)21-8-11-23(33-2)12-9-21)19-4-6-20(7-5-19)24-14-15-30-26-13-10-22(29)17-25(24)26/h8-15,17-20H,3-7,16H2,1-2H3. The molecule has 1 atom stereocenters. The van der Waals surface area contributed by atoms with E-state index in [1.54, 1.807) is 19.2 Å². The second kappa shape index (κ2) is 9.92. The summed E-state index contributed by atoms with van der Waals surface area (Å²) in [4.78, 5) is 4.42. The molecule has 5 rings (SSSR count). The molecular formula is C28H30FN3O2. The highest BCUT2D eigenvalue weighted by Crippen LogP contribution is 2.42. The Balaban J connectivity index is 1.24. The van der Waals surface area contributed by atoms with E-state index in [1.807, 2.05) is 30.5 Å². The number of hydrogen-bond donors (Lipinski definition) is 0. The number of rotatable bonds is 7. The first-order valence-electron chi connectivity index (χ1n) is 12.2. The van der Waals surface area contributed by atoms with Gasteiger partial charge in [-0.05, 0) is 97.5 Å². The second-order valence-corrected chi connectivity index (χ2v) is 9.28. The highest BCUT2D eigenvalue weighted by molar-refractivity contribution is 5.82. The monoisotopic (exact) mass is 459 g/mol. The van der Waals surface area contributed by atoms with Crippen molar-refractivity contribution >= 4 is 10.9 Å². The van der Waals surface area contributed by atoms with Crippen LogP contribution in [0.4, 0.5) is 4.39 Å². The van der Waals surface area contributed by atoms with Crippen molar-refractivity contribution in [1.82, 2.24) is 15.2 Å². The molecule has 176 valence electrons. The number of nitrogens with zero attached hydrogens (tertiary/aromatic N) is 3. The van der Waals surface area contributed by atoms with Gasteiger partial charge in [0, 0.05) is 23.6 Å². The van der Waals surface area contributed by atoms with Crippen LogP contribution < -0.4 is 4.74 Å². The van der Waals surface area contributed by atoms with Gasteiger partial charge in [-0.3, -0.25) is 4.98 Å². The maximum Gasteiger partial charge on any atom is 0.247 e. The molecule has 1 unspecified atom stereocenters. The van der Waals surface area contributed by atoms with E-state index in [4.69, 9.17) is 9.15 Å². The molecule has 34 heavy (non-hydrogen) atoms. The third kappa shape index (κ3) is 4.67. The third-order valence-corrected chi connectivity index (χ3v) is 7.38. The predicted octanol–water partition coefficient (Wildman–Crippen LogP) is 6.98.